The van der Waals surface area contributed by atoms with E-state index >= 15 is 0 Å². The van der Waals surface area contributed by atoms with Gasteiger partial charge in [-0.15, -0.1) is 0 Å². The third-order valence-corrected chi connectivity index (χ3v) is 3.06. The summed E-state index contributed by atoms with van der Waals surface area (Å²) in [5.74, 6) is -0.399. The molecule has 112 valence electrons. The van der Waals surface area contributed by atoms with E-state index in [1.807, 2.05) is 17.7 Å². The largest absolute Gasteiger partial charge is 0.490 e. The molecule has 0 radical (unpaired) electrons. The van der Waals surface area contributed by atoms with Gasteiger partial charge in [0.1, 0.15) is 6.26 Å². The van der Waals surface area contributed by atoms with E-state index in [9.17, 15) is 9.59 Å². The minimum Gasteiger partial charge on any atom is -0.490 e. The fourth-order valence-electron chi connectivity index (χ4n) is 1.85. The molecule has 7 nitrogen and oxygen atoms in total. The minimum absolute atomic E-state index is 0.0371. The first kappa shape index (κ1) is 14.8. The van der Waals surface area contributed by atoms with Gasteiger partial charge >= 0.3 is 0 Å². The summed E-state index contributed by atoms with van der Waals surface area (Å²) in [4.78, 5) is 27.6. The number of methoxy groups -OCH3 is 1. The molecule has 0 bridgehead atoms. The highest BCUT2D eigenvalue weighted by Crippen LogP contribution is 2.06. The molecule has 1 amide bonds. The van der Waals surface area contributed by atoms with Crippen LogP contribution in [-0.4, -0.2) is 28.6 Å². The Bertz CT molecular complexity index is 648. The van der Waals surface area contributed by atoms with Crippen molar-refractivity contribution in [1.29, 1.82) is 0 Å². The molecule has 0 spiro atoms. The number of amides is 1. The van der Waals surface area contributed by atoms with Crippen LogP contribution in [0, 0.1) is 0 Å². The Balaban J connectivity index is 2.05. The lowest BCUT2D eigenvalue weighted by Crippen LogP contribution is -2.37. The predicted molar refractivity (Wildman–Crippen MR) is 75.3 cm³/mol. The summed E-state index contributed by atoms with van der Waals surface area (Å²) in [6, 6.07) is 1.04. The summed E-state index contributed by atoms with van der Waals surface area (Å²) >= 11 is 0. The Morgan fingerprint density at radius 3 is 2.95 bits per heavy atom. The second kappa shape index (κ2) is 6.74. The first-order chi connectivity index (χ1) is 10.1. The van der Waals surface area contributed by atoms with Gasteiger partial charge in [0.2, 0.25) is 11.2 Å². The third-order valence-electron chi connectivity index (χ3n) is 3.06. The Morgan fingerprint density at radius 1 is 1.57 bits per heavy atom. The van der Waals surface area contributed by atoms with Gasteiger partial charge in [0.25, 0.3) is 5.91 Å². The summed E-state index contributed by atoms with van der Waals surface area (Å²) in [7, 11) is 1.37. The van der Waals surface area contributed by atoms with Crippen LogP contribution in [0.1, 0.15) is 23.9 Å². The van der Waals surface area contributed by atoms with Crippen LogP contribution < -0.4 is 15.5 Å². The van der Waals surface area contributed by atoms with Gasteiger partial charge in [0, 0.05) is 31.0 Å². The van der Waals surface area contributed by atoms with Gasteiger partial charge in [-0.05, 0) is 6.42 Å². The molecule has 1 atom stereocenters. The van der Waals surface area contributed by atoms with Crippen molar-refractivity contribution in [2.45, 2.75) is 25.9 Å². The van der Waals surface area contributed by atoms with E-state index in [1.165, 1.54) is 7.11 Å². The van der Waals surface area contributed by atoms with Crippen molar-refractivity contribution in [2.75, 3.05) is 7.11 Å². The lowest BCUT2D eigenvalue weighted by molar-refractivity contribution is 0.0900. The smallest absolute Gasteiger partial charge is 0.287 e. The molecule has 1 N–H and O–H groups in total. The van der Waals surface area contributed by atoms with Crippen molar-refractivity contribution in [2.24, 2.45) is 0 Å². The molecule has 0 saturated carbocycles. The Morgan fingerprint density at radius 2 is 2.38 bits per heavy atom. The number of nitrogens with one attached hydrogen (secondary N) is 1. The second-order valence-electron chi connectivity index (χ2n) is 4.52. The molecule has 0 aliphatic carbocycles. The topological polar surface area (TPSA) is 86.4 Å². The molecular formula is C14H17N3O4. The maximum atomic E-state index is 12.1. The van der Waals surface area contributed by atoms with Gasteiger partial charge in [-0.25, -0.2) is 4.98 Å². The highest BCUT2D eigenvalue weighted by molar-refractivity contribution is 5.91. The number of hydrogen-bond acceptors (Lipinski definition) is 5. The van der Waals surface area contributed by atoms with E-state index in [0.29, 0.717) is 6.54 Å². The second-order valence-corrected chi connectivity index (χ2v) is 4.52. The third kappa shape index (κ3) is 3.71. The van der Waals surface area contributed by atoms with Crippen molar-refractivity contribution < 1.29 is 13.9 Å². The summed E-state index contributed by atoms with van der Waals surface area (Å²) in [6.07, 6.45) is 7.06. The molecule has 2 aromatic rings. The van der Waals surface area contributed by atoms with Gasteiger partial charge in [-0.2, -0.15) is 0 Å². The van der Waals surface area contributed by atoms with Gasteiger partial charge < -0.3 is 19.0 Å². The van der Waals surface area contributed by atoms with E-state index in [1.54, 1.807) is 12.5 Å². The maximum absolute atomic E-state index is 12.1. The van der Waals surface area contributed by atoms with Crippen LogP contribution in [0.4, 0.5) is 0 Å². The fourth-order valence-corrected chi connectivity index (χ4v) is 1.85. The molecule has 0 aliphatic rings. The van der Waals surface area contributed by atoms with E-state index < -0.39 is 11.3 Å². The zero-order valence-corrected chi connectivity index (χ0v) is 11.9. The lowest BCUT2D eigenvalue weighted by atomic mass is 10.2. The molecule has 7 heteroatoms. The van der Waals surface area contributed by atoms with E-state index in [4.69, 9.17) is 9.15 Å². The monoisotopic (exact) mass is 291 g/mol. The van der Waals surface area contributed by atoms with Crippen LogP contribution in [0.25, 0.3) is 0 Å². The normalized spacial score (nSPS) is 11.9. The zero-order chi connectivity index (χ0) is 15.2. The summed E-state index contributed by atoms with van der Waals surface area (Å²) in [5, 5.41) is 2.82. The predicted octanol–water partition coefficient (Wildman–Crippen LogP) is 1.05. The van der Waals surface area contributed by atoms with Gasteiger partial charge in [0.05, 0.1) is 13.4 Å². The molecule has 2 rings (SSSR count). The molecule has 0 saturated heterocycles. The van der Waals surface area contributed by atoms with Crippen molar-refractivity contribution in [3.05, 3.63) is 47.0 Å². The van der Waals surface area contributed by atoms with Crippen LogP contribution in [0.5, 0.6) is 5.75 Å². The average molecular weight is 291 g/mol. The Hall–Kier alpha value is -2.57. The number of hydrogen-bond donors (Lipinski definition) is 1. The van der Waals surface area contributed by atoms with Gasteiger partial charge in [0.15, 0.2) is 5.76 Å². The molecule has 0 aliphatic heterocycles. The van der Waals surface area contributed by atoms with E-state index in [-0.39, 0.29) is 17.6 Å². The van der Waals surface area contributed by atoms with Crippen LogP contribution in [0.3, 0.4) is 0 Å². The highest BCUT2D eigenvalue weighted by atomic mass is 16.5. The minimum atomic E-state index is -0.429. The number of imidazole rings is 1. The molecule has 2 heterocycles. The van der Waals surface area contributed by atoms with Crippen LogP contribution in [0.15, 0.2) is 40.3 Å². The van der Waals surface area contributed by atoms with Crippen LogP contribution >= 0.6 is 0 Å². The summed E-state index contributed by atoms with van der Waals surface area (Å²) in [6.45, 7) is 2.56. The van der Waals surface area contributed by atoms with Gasteiger partial charge in [-0.3, -0.25) is 9.59 Å². The first-order valence-corrected chi connectivity index (χ1v) is 6.57. The highest BCUT2D eigenvalue weighted by Gasteiger charge is 2.16. The number of ether oxygens (including phenoxy) is 1. The molecule has 21 heavy (non-hydrogen) atoms. The van der Waals surface area contributed by atoms with Crippen molar-refractivity contribution in [3.8, 4) is 5.75 Å². The molecule has 2 aromatic heterocycles. The summed E-state index contributed by atoms with van der Waals surface area (Å²) < 4.78 is 11.8. The fraction of sp³-hybridized carbons (Fsp3) is 0.357. The van der Waals surface area contributed by atoms with E-state index in [2.05, 4.69) is 10.3 Å². The average Bonchev–Trinajstić information content (AvgIpc) is 2.99. The molecule has 0 unspecified atom stereocenters. The number of aromatic nitrogens is 2. The maximum Gasteiger partial charge on any atom is 0.287 e. The van der Waals surface area contributed by atoms with Crippen molar-refractivity contribution in [3.63, 3.8) is 0 Å². The number of rotatable bonds is 6. The van der Waals surface area contributed by atoms with Crippen molar-refractivity contribution >= 4 is 5.91 Å². The molecule has 0 fully saturated rings. The molecule has 0 aromatic carbocycles. The Kier molecular flexibility index (Phi) is 4.76. The summed E-state index contributed by atoms with van der Waals surface area (Å²) in [5.41, 5.74) is -0.392. The number of carbonyl (C=O) groups excluding carboxylic acids is 1. The zero-order valence-electron chi connectivity index (χ0n) is 11.9. The van der Waals surface area contributed by atoms with Crippen LogP contribution in [-0.2, 0) is 6.54 Å². The lowest BCUT2D eigenvalue weighted by Gasteiger charge is -2.17. The van der Waals surface area contributed by atoms with Gasteiger partial charge in [-0.1, -0.05) is 6.92 Å². The SMILES string of the molecule is CC[C@@H](Cn1ccnc1)NC(=O)c1cc(=O)c(OC)co1. The standard InChI is InChI=1S/C14H17N3O4/c1-3-10(7-17-5-4-15-9-17)16-14(19)12-6-11(18)13(20-2)8-21-12/h4-6,8-10H,3,7H2,1-2H3,(H,16,19)/t10-/m0/s1. The Labute approximate surface area is 121 Å². The quantitative estimate of drug-likeness (QED) is 0.859. The first-order valence-electron chi connectivity index (χ1n) is 6.57. The molecular weight excluding hydrogens is 274 g/mol. The van der Waals surface area contributed by atoms with Crippen LogP contribution in [0.2, 0.25) is 0 Å². The number of carbonyl (C=O) groups is 1. The van der Waals surface area contributed by atoms with E-state index in [0.717, 1.165) is 18.8 Å². The van der Waals surface area contributed by atoms with Crippen molar-refractivity contribution in [1.82, 2.24) is 14.9 Å². The number of nitrogens with zero attached hydrogens (tertiary/aromatic N) is 2.